The molecule has 1 unspecified atom stereocenters. The van der Waals surface area contributed by atoms with E-state index in [1.807, 2.05) is 29.6 Å². The van der Waals surface area contributed by atoms with Gasteiger partial charge in [0.05, 0.1) is 17.6 Å². The highest BCUT2D eigenvalue weighted by Crippen LogP contribution is 2.35. The van der Waals surface area contributed by atoms with Crippen LogP contribution in [0.2, 0.25) is 0 Å². The van der Waals surface area contributed by atoms with Crippen LogP contribution in [0.1, 0.15) is 16.8 Å². The van der Waals surface area contributed by atoms with Crippen molar-refractivity contribution in [1.82, 2.24) is 9.97 Å². The molecule has 1 aromatic heterocycles. The number of nitrogen functional groups attached to an aromatic ring is 1. The van der Waals surface area contributed by atoms with E-state index < -0.39 is 0 Å². The first kappa shape index (κ1) is 12.9. The molecule has 94 valence electrons. The Morgan fingerprint density at radius 3 is 3.06 bits per heavy atom. The summed E-state index contributed by atoms with van der Waals surface area (Å²) in [7, 11) is 1.66. The molecule has 1 aliphatic rings. The summed E-state index contributed by atoms with van der Waals surface area (Å²) >= 11 is 3.85. The summed E-state index contributed by atoms with van der Waals surface area (Å²) in [6, 6.07) is 1.81. The van der Waals surface area contributed by atoms with Crippen LogP contribution < -0.4 is 11.3 Å². The Labute approximate surface area is 109 Å². The normalized spacial score (nSPS) is 20.2. The molecule has 17 heavy (non-hydrogen) atoms. The van der Waals surface area contributed by atoms with Crippen molar-refractivity contribution in [1.29, 1.82) is 0 Å². The molecule has 0 aliphatic carbocycles. The zero-order valence-electron chi connectivity index (χ0n) is 9.68. The van der Waals surface area contributed by atoms with Gasteiger partial charge in [0.15, 0.2) is 0 Å². The fourth-order valence-corrected chi connectivity index (χ4v) is 4.19. The van der Waals surface area contributed by atoms with E-state index in [-0.39, 0.29) is 0 Å². The van der Waals surface area contributed by atoms with Crippen molar-refractivity contribution in [3.63, 3.8) is 0 Å². The van der Waals surface area contributed by atoms with Crippen molar-refractivity contribution in [3.8, 4) is 0 Å². The second-order valence-corrected chi connectivity index (χ2v) is 6.07. The molecule has 1 saturated heterocycles. The number of hydrogen-bond acceptors (Lipinski definition) is 7. The molecular formula is C10H16N4OS2. The fourth-order valence-electron chi connectivity index (χ4n) is 1.59. The third-order valence-corrected chi connectivity index (χ3v) is 5.09. The Hall–Kier alpha value is -0.500. The third kappa shape index (κ3) is 3.48. The van der Waals surface area contributed by atoms with Crippen LogP contribution in [0.25, 0.3) is 0 Å². The van der Waals surface area contributed by atoms with Crippen molar-refractivity contribution < 1.29 is 4.74 Å². The molecular weight excluding hydrogens is 256 g/mol. The van der Waals surface area contributed by atoms with E-state index in [4.69, 9.17) is 10.6 Å². The van der Waals surface area contributed by atoms with Gasteiger partial charge < -0.3 is 10.2 Å². The van der Waals surface area contributed by atoms with E-state index in [0.717, 1.165) is 23.0 Å². The number of anilines is 1. The molecule has 0 bridgehead atoms. The monoisotopic (exact) mass is 272 g/mol. The molecule has 0 amide bonds. The highest BCUT2D eigenvalue weighted by atomic mass is 32.2. The Morgan fingerprint density at radius 1 is 1.53 bits per heavy atom. The molecule has 0 saturated carbocycles. The fraction of sp³-hybridized carbons (Fsp3) is 0.600. The topological polar surface area (TPSA) is 73.1 Å². The van der Waals surface area contributed by atoms with Crippen LogP contribution in [0.3, 0.4) is 0 Å². The first-order valence-electron chi connectivity index (χ1n) is 5.36. The van der Waals surface area contributed by atoms with Gasteiger partial charge in [-0.15, -0.1) is 11.8 Å². The second-order valence-electron chi connectivity index (χ2n) is 3.61. The van der Waals surface area contributed by atoms with Crippen LogP contribution >= 0.6 is 23.5 Å². The van der Waals surface area contributed by atoms with Gasteiger partial charge in [0.2, 0.25) is 0 Å². The van der Waals surface area contributed by atoms with Crippen LogP contribution in [-0.2, 0) is 11.3 Å². The van der Waals surface area contributed by atoms with E-state index >= 15 is 0 Å². The first-order valence-corrected chi connectivity index (χ1v) is 7.56. The average molecular weight is 272 g/mol. The molecule has 5 nitrogen and oxygen atoms in total. The largest absolute Gasteiger partial charge is 0.378 e. The van der Waals surface area contributed by atoms with E-state index in [1.54, 1.807) is 7.11 Å². The van der Waals surface area contributed by atoms with E-state index in [0.29, 0.717) is 17.7 Å². The Balaban J connectivity index is 2.21. The summed E-state index contributed by atoms with van der Waals surface area (Å²) in [5, 5.41) is 0.359. The first-order chi connectivity index (χ1) is 8.33. The van der Waals surface area contributed by atoms with E-state index in [9.17, 15) is 0 Å². The van der Waals surface area contributed by atoms with E-state index in [1.165, 1.54) is 5.75 Å². The zero-order chi connectivity index (χ0) is 12.1. The lowest BCUT2D eigenvalue weighted by molar-refractivity contribution is 0.181. The van der Waals surface area contributed by atoms with Crippen LogP contribution in [-0.4, -0.2) is 34.3 Å². The number of aromatic nitrogens is 2. The van der Waals surface area contributed by atoms with Gasteiger partial charge in [-0.3, -0.25) is 0 Å². The summed E-state index contributed by atoms with van der Waals surface area (Å²) in [6.45, 7) is 0.481. The van der Waals surface area contributed by atoms with Crippen molar-refractivity contribution in [2.75, 3.05) is 29.8 Å². The lowest BCUT2D eigenvalue weighted by Gasteiger charge is -2.20. The quantitative estimate of drug-likeness (QED) is 0.634. The predicted molar refractivity (Wildman–Crippen MR) is 73.1 cm³/mol. The molecule has 3 N–H and O–H groups in total. The number of nitrogens with two attached hydrogens (primary N) is 1. The number of methoxy groups -OCH3 is 1. The standard InChI is InChI=1S/C10H16N4OS2/c1-15-5-7-4-9(14-11)13-10(12-7)8-6-16-2-3-17-8/h4,8H,2-3,5-6,11H2,1H3,(H,12,13,14). The third-order valence-electron chi connectivity index (χ3n) is 2.34. The van der Waals surface area contributed by atoms with Crippen molar-refractivity contribution in [3.05, 3.63) is 17.6 Å². The van der Waals surface area contributed by atoms with Crippen LogP contribution in [0.4, 0.5) is 5.82 Å². The molecule has 1 atom stereocenters. The number of hydrazine groups is 1. The summed E-state index contributed by atoms with van der Waals surface area (Å²) in [5.41, 5.74) is 3.45. The predicted octanol–water partition coefficient (Wildman–Crippen LogP) is 1.43. The molecule has 2 rings (SSSR count). The number of nitrogens with zero attached hydrogens (tertiary/aromatic N) is 2. The highest BCUT2D eigenvalue weighted by molar-refractivity contribution is 8.06. The van der Waals surface area contributed by atoms with Crippen molar-refractivity contribution in [2.24, 2.45) is 5.84 Å². The van der Waals surface area contributed by atoms with Gasteiger partial charge in [-0.1, -0.05) is 0 Å². The van der Waals surface area contributed by atoms with Crippen molar-refractivity contribution >= 4 is 29.3 Å². The maximum absolute atomic E-state index is 5.42. The van der Waals surface area contributed by atoms with Gasteiger partial charge in [0, 0.05) is 30.4 Å². The lowest BCUT2D eigenvalue weighted by atomic mass is 10.3. The smallest absolute Gasteiger partial charge is 0.144 e. The SMILES string of the molecule is COCc1cc(NN)nc(C2CSCCS2)n1. The molecule has 0 radical (unpaired) electrons. The zero-order valence-corrected chi connectivity index (χ0v) is 11.3. The number of thioether (sulfide) groups is 2. The molecule has 0 spiro atoms. The van der Waals surface area contributed by atoms with Gasteiger partial charge in [-0.05, 0) is 0 Å². The van der Waals surface area contributed by atoms with Crippen LogP contribution in [0, 0.1) is 0 Å². The lowest BCUT2D eigenvalue weighted by Crippen LogP contribution is -2.15. The van der Waals surface area contributed by atoms with Crippen LogP contribution in [0.5, 0.6) is 0 Å². The molecule has 1 aliphatic heterocycles. The maximum atomic E-state index is 5.42. The number of hydrogen-bond donors (Lipinski definition) is 2. The van der Waals surface area contributed by atoms with Gasteiger partial charge in [0.1, 0.15) is 11.6 Å². The molecule has 2 heterocycles. The summed E-state index contributed by atoms with van der Waals surface area (Å²) in [6.07, 6.45) is 0. The minimum absolute atomic E-state index is 0.359. The number of nitrogens with one attached hydrogen (secondary N) is 1. The Kier molecular flexibility index (Phi) is 4.90. The number of ether oxygens (including phenoxy) is 1. The van der Waals surface area contributed by atoms with Crippen molar-refractivity contribution in [2.45, 2.75) is 11.9 Å². The van der Waals surface area contributed by atoms with Gasteiger partial charge in [-0.2, -0.15) is 11.8 Å². The minimum Gasteiger partial charge on any atom is -0.378 e. The Bertz CT molecular complexity index is 371. The molecule has 1 fully saturated rings. The van der Waals surface area contributed by atoms with Gasteiger partial charge >= 0.3 is 0 Å². The maximum Gasteiger partial charge on any atom is 0.144 e. The molecule has 0 aromatic carbocycles. The minimum atomic E-state index is 0.359. The average Bonchev–Trinajstić information content (AvgIpc) is 2.40. The van der Waals surface area contributed by atoms with Crippen LogP contribution in [0.15, 0.2) is 6.07 Å². The number of rotatable bonds is 4. The summed E-state index contributed by atoms with van der Waals surface area (Å²) in [4.78, 5) is 8.95. The summed E-state index contributed by atoms with van der Waals surface area (Å²) in [5.74, 6) is 10.3. The highest BCUT2D eigenvalue weighted by Gasteiger charge is 2.20. The van der Waals surface area contributed by atoms with Gasteiger partial charge in [-0.25, -0.2) is 15.8 Å². The molecule has 7 heteroatoms. The second kappa shape index (κ2) is 6.44. The van der Waals surface area contributed by atoms with E-state index in [2.05, 4.69) is 15.4 Å². The Morgan fingerprint density at radius 2 is 2.41 bits per heavy atom. The molecule has 1 aromatic rings. The summed E-state index contributed by atoms with van der Waals surface area (Å²) < 4.78 is 5.10. The van der Waals surface area contributed by atoms with Gasteiger partial charge in [0.25, 0.3) is 0 Å².